The molecule has 10 heavy (non-hydrogen) atoms. The van der Waals surface area contributed by atoms with Crippen molar-refractivity contribution < 1.29 is 70.8 Å². The Balaban J connectivity index is 0. The van der Waals surface area contributed by atoms with Crippen LogP contribution in [0.3, 0.4) is 0 Å². The average Bonchev–Trinajstić information content (AvgIpc) is 1.80. The van der Waals surface area contributed by atoms with Gasteiger partial charge >= 0.3 is 51.4 Å². The van der Waals surface area contributed by atoms with Crippen molar-refractivity contribution in [3.05, 3.63) is 0 Å². The quantitative estimate of drug-likeness (QED) is 0.250. The summed E-state index contributed by atoms with van der Waals surface area (Å²) >= 11 is 0. The molecule has 0 spiro atoms. The van der Waals surface area contributed by atoms with Gasteiger partial charge in [-0.15, -0.1) is 0 Å². The van der Waals surface area contributed by atoms with Crippen molar-refractivity contribution in [1.82, 2.24) is 0 Å². The van der Waals surface area contributed by atoms with Crippen LogP contribution in [0.1, 0.15) is 6.42 Å². The molecule has 0 amide bonds. The molecule has 0 aliphatic rings. The summed E-state index contributed by atoms with van der Waals surface area (Å²) < 4.78 is 8.70. The fourth-order valence-electron chi connectivity index (χ4n) is 0.359. The molecule has 0 aromatic rings. The SMILES string of the molecule is COCCCOC(=O)[O-].[K+]. The molecule has 0 heterocycles. The van der Waals surface area contributed by atoms with E-state index in [9.17, 15) is 9.90 Å². The van der Waals surface area contributed by atoms with Gasteiger partial charge in [0.25, 0.3) is 6.16 Å². The van der Waals surface area contributed by atoms with Crippen LogP contribution < -0.4 is 56.5 Å². The van der Waals surface area contributed by atoms with Crippen LogP contribution in [0, 0.1) is 0 Å². The summed E-state index contributed by atoms with van der Waals surface area (Å²) in [6.07, 6.45) is -0.907. The Morgan fingerprint density at radius 2 is 2.10 bits per heavy atom. The summed E-state index contributed by atoms with van der Waals surface area (Å²) in [4.78, 5) is 9.59. The monoisotopic (exact) mass is 172 g/mol. The molecule has 0 aliphatic carbocycles. The van der Waals surface area contributed by atoms with Gasteiger partial charge in [-0.05, 0) is 6.42 Å². The third-order valence-electron chi connectivity index (χ3n) is 0.713. The normalized spacial score (nSPS) is 8.10. The van der Waals surface area contributed by atoms with E-state index in [-0.39, 0.29) is 58.0 Å². The number of carboxylic acid groups (broad SMARTS) is 1. The van der Waals surface area contributed by atoms with Gasteiger partial charge in [0, 0.05) is 20.3 Å². The molecule has 0 N–H and O–H groups in total. The molecule has 0 saturated heterocycles. The van der Waals surface area contributed by atoms with Crippen LogP contribution >= 0.6 is 0 Å². The van der Waals surface area contributed by atoms with Crippen molar-refractivity contribution in [2.45, 2.75) is 6.42 Å². The molecule has 5 heteroatoms. The minimum absolute atomic E-state index is 0. The smallest absolute Gasteiger partial charge is 0.550 e. The summed E-state index contributed by atoms with van der Waals surface area (Å²) in [6, 6.07) is 0. The van der Waals surface area contributed by atoms with Gasteiger partial charge in [-0.2, -0.15) is 0 Å². The molecule has 0 aliphatic heterocycles. The Hall–Kier alpha value is 0.866. The second-order valence-corrected chi connectivity index (χ2v) is 1.44. The predicted molar refractivity (Wildman–Crippen MR) is 27.8 cm³/mol. The van der Waals surface area contributed by atoms with Crippen molar-refractivity contribution in [2.75, 3.05) is 20.3 Å². The number of hydrogen-bond acceptors (Lipinski definition) is 4. The number of carbonyl (C=O) groups excluding carboxylic acids is 1. The second kappa shape index (κ2) is 9.87. The predicted octanol–water partition coefficient (Wildman–Crippen LogP) is -3.61. The van der Waals surface area contributed by atoms with Gasteiger partial charge in [-0.3, -0.25) is 0 Å². The van der Waals surface area contributed by atoms with Gasteiger partial charge in [0.1, 0.15) is 0 Å². The zero-order chi connectivity index (χ0) is 7.11. The number of ether oxygens (including phenoxy) is 2. The molecule has 0 unspecified atom stereocenters. The summed E-state index contributed by atoms with van der Waals surface area (Å²) in [6.45, 7) is 0.656. The molecule has 0 saturated carbocycles. The van der Waals surface area contributed by atoms with E-state index in [0.717, 1.165) is 0 Å². The number of rotatable bonds is 4. The van der Waals surface area contributed by atoms with Gasteiger partial charge in [-0.1, -0.05) is 0 Å². The maximum absolute atomic E-state index is 9.59. The number of methoxy groups -OCH3 is 1. The first-order valence-electron chi connectivity index (χ1n) is 2.60. The second-order valence-electron chi connectivity index (χ2n) is 1.44. The Bertz CT molecular complexity index is 85.7. The molecule has 0 atom stereocenters. The minimum Gasteiger partial charge on any atom is -0.550 e. The van der Waals surface area contributed by atoms with Gasteiger partial charge in [-0.25, -0.2) is 0 Å². The zero-order valence-corrected chi connectivity index (χ0v) is 9.38. The van der Waals surface area contributed by atoms with Gasteiger partial charge < -0.3 is 19.4 Å². The molecule has 0 bridgehead atoms. The summed E-state index contributed by atoms with van der Waals surface area (Å²) in [5.74, 6) is 0. The largest absolute Gasteiger partial charge is 1.00 e. The van der Waals surface area contributed by atoms with E-state index in [1.54, 1.807) is 7.11 Å². The number of carbonyl (C=O) groups is 1. The van der Waals surface area contributed by atoms with E-state index in [2.05, 4.69) is 9.47 Å². The summed E-state index contributed by atoms with van der Waals surface area (Å²) in [5.41, 5.74) is 0. The van der Waals surface area contributed by atoms with Crippen molar-refractivity contribution in [2.24, 2.45) is 0 Å². The zero-order valence-electron chi connectivity index (χ0n) is 6.25. The third kappa shape index (κ3) is 11.6. The molecule has 0 fully saturated rings. The Labute approximate surface area is 102 Å². The first kappa shape index (κ1) is 13.5. The van der Waals surface area contributed by atoms with Crippen molar-refractivity contribution >= 4 is 6.16 Å². The molecule has 4 nitrogen and oxygen atoms in total. The van der Waals surface area contributed by atoms with Crippen molar-refractivity contribution in [3.63, 3.8) is 0 Å². The first-order valence-corrected chi connectivity index (χ1v) is 2.60. The molecule has 0 radical (unpaired) electrons. The van der Waals surface area contributed by atoms with Crippen LogP contribution in [0.4, 0.5) is 4.79 Å². The minimum atomic E-state index is -1.48. The van der Waals surface area contributed by atoms with Crippen LogP contribution in [0.5, 0.6) is 0 Å². The van der Waals surface area contributed by atoms with E-state index in [1.807, 2.05) is 0 Å². The van der Waals surface area contributed by atoms with Gasteiger partial charge in [0.15, 0.2) is 0 Å². The van der Waals surface area contributed by atoms with Gasteiger partial charge in [0.2, 0.25) is 0 Å². The van der Waals surface area contributed by atoms with E-state index in [4.69, 9.17) is 0 Å². The van der Waals surface area contributed by atoms with Crippen LogP contribution in [-0.2, 0) is 9.47 Å². The fourth-order valence-corrected chi connectivity index (χ4v) is 0.359. The molecule has 0 aromatic heterocycles. The molecule has 0 rings (SSSR count). The maximum atomic E-state index is 9.59. The van der Waals surface area contributed by atoms with Crippen LogP contribution in [0.25, 0.3) is 0 Å². The van der Waals surface area contributed by atoms with Crippen LogP contribution in [0.15, 0.2) is 0 Å². The maximum Gasteiger partial charge on any atom is 1.00 e. The van der Waals surface area contributed by atoms with Crippen LogP contribution in [-0.4, -0.2) is 26.5 Å². The topological polar surface area (TPSA) is 58.6 Å². The Morgan fingerprint density at radius 3 is 2.50 bits per heavy atom. The summed E-state index contributed by atoms with van der Waals surface area (Å²) in [5, 5.41) is 9.59. The summed E-state index contributed by atoms with van der Waals surface area (Å²) in [7, 11) is 1.54. The molecular formula is C5H9KO4. The van der Waals surface area contributed by atoms with E-state index in [1.165, 1.54) is 0 Å². The van der Waals surface area contributed by atoms with Crippen LogP contribution in [0.2, 0.25) is 0 Å². The Kier molecular flexibility index (Phi) is 13.3. The third-order valence-corrected chi connectivity index (χ3v) is 0.713. The molecular weight excluding hydrogens is 163 g/mol. The van der Waals surface area contributed by atoms with E-state index < -0.39 is 6.16 Å². The standard InChI is InChI=1S/C5H10O4.K/c1-8-3-2-4-9-5(6)7;/h2-4H2,1H3,(H,6,7);/q;+1/p-1. The molecule has 54 valence electrons. The van der Waals surface area contributed by atoms with E-state index in [0.29, 0.717) is 13.0 Å². The average molecular weight is 172 g/mol. The van der Waals surface area contributed by atoms with Crippen molar-refractivity contribution in [3.8, 4) is 0 Å². The fraction of sp³-hybridized carbons (Fsp3) is 0.800. The van der Waals surface area contributed by atoms with Gasteiger partial charge in [0.05, 0.1) is 0 Å². The molecule has 0 aromatic carbocycles. The first-order chi connectivity index (χ1) is 4.27. The van der Waals surface area contributed by atoms with E-state index >= 15 is 0 Å². The Morgan fingerprint density at radius 1 is 1.50 bits per heavy atom. The van der Waals surface area contributed by atoms with Crippen molar-refractivity contribution in [1.29, 1.82) is 0 Å². The number of hydrogen-bond donors (Lipinski definition) is 0.